The molecule has 0 bridgehead atoms. The zero-order valence-electron chi connectivity index (χ0n) is 10.1. The van der Waals surface area contributed by atoms with Crippen LogP contribution in [0.3, 0.4) is 0 Å². The van der Waals surface area contributed by atoms with Crippen LogP contribution in [0.5, 0.6) is 0 Å². The van der Waals surface area contributed by atoms with E-state index < -0.39 is 0 Å². The molecule has 0 spiro atoms. The van der Waals surface area contributed by atoms with Crippen LogP contribution in [-0.2, 0) is 4.74 Å². The van der Waals surface area contributed by atoms with Crippen molar-refractivity contribution in [1.29, 1.82) is 0 Å². The minimum absolute atomic E-state index is 0.186. The summed E-state index contributed by atoms with van der Waals surface area (Å²) in [5.41, 5.74) is 0.186. The van der Waals surface area contributed by atoms with Crippen LogP contribution in [0, 0.1) is 0 Å². The molecule has 0 aromatic heterocycles. The van der Waals surface area contributed by atoms with E-state index in [-0.39, 0.29) is 5.54 Å². The van der Waals surface area contributed by atoms with Gasteiger partial charge in [0.15, 0.2) is 0 Å². The van der Waals surface area contributed by atoms with Crippen molar-refractivity contribution >= 4 is 0 Å². The maximum absolute atomic E-state index is 5.61. The average Bonchev–Trinajstić information content (AvgIpc) is 2.13. The summed E-state index contributed by atoms with van der Waals surface area (Å²) in [4.78, 5) is 2.50. The van der Waals surface area contributed by atoms with Crippen LogP contribution >= 0.6 is 0 Å². The van der Waals surface area contributed by atoms with Gasteiger partial charge in [0.2, 0.25) is 0 Å². The quantitative estimate of drug-likeness (QED) is 0.738. The Morgan fingerprint density at radius 2 is 2.07 bits per heavy atom. The Balaban J connectivity index is 2.51. The normalized spacial score (nSPS) is 30.6. The van der Waals surface area contributed by atoms with Gasteiger partial charge in [-0.2, -0.15) is 0 Å². The first-order valence-electron chi connectivity index (χ1n) is 5.51. The van der Waals surface area contributed by atoms with E-state index >= 15 is 0 Å². The van der Waals surface area contributed by atoms with Gasteiger partial charge in [0.1, 0.15) is 0 Å². The van der Waals surface area contributed by atoms with Gasteiger partial charge < -0.3 is 10.1 Å². The summed E-state index contributed by atoms with van der Waals surface area (Å²) in [5.74, 6) is 0. The lowest BCUT2D eigenvalue weighted by Crippen LogP contribution is -2.56. The number of hydrogen-bond donors (Lipinski definition) is 1. The number of nitrogens with zero attached hydrogens (tertiary/aromatic N) is 1. The van der Waals surface area contributed by atoms with Gasteiger partial charge in [-0.3, -0.25) is 4.90 Å². The molecule has 0 amide bonds. The summed E-state index contributed by atoms with van der Waals surface area (Å²) in [7, 11) is 2.02. The van der Waals surface area contributed by atoms with Crippen LogP contribution in [0.1, 0.15) is 27.7 Å². The van der Waals surface area contributed by atoms with E-state index in [1.54, 1.807) is 0 Å². The molecule has 1 heterocycles. The standard InChI is InChI=1S/C11H24N2O/c1-9-10(2)14-7-6-13(9)8-11(3,4)12-5/h9-10,12H,6-8H2,1-5H3. The molecule has 1 aliphatic heterocycles. The van der Waals surface area contributed by atoms with Gasteiger partial charge in [-0.05, 0) is 34.7 Å². The van der Waals surface area contributed by atoms with Gasteiger partial charge >= 0.3 is 0 Å². The van der Waals surface area contributed by atoms with Crippen LogP contribution in [0.25, 0.3) is 0 Å². The summed E-state index contributed by atoms with van der Waals surface area (Å²) in [6.45, 7) is 11.9. The molecule has 1 saturated heterocycles. The molecule has 1 N–H and O–H groups in total. The number of nitrogens with one attached hydrogen (secondary N) is 1. The highest BCUT2D eigenvalue weighted by atomic mass is 16.5. The lowest BCUT2D eigenvalue weighted by molar-refractivity contribution is -0.0615. The molecule has 2 atom stereocenters. The predicted molar refractivity (Wildman–Crippen MR) is 59.6 cm³/mol. The Bertz CT molecular complexity index is 182. The van der Waals surface area contributed by atoms with Crippen molar-refractivity contribution in [2.45, 2.75) is 45.4 Å². The Hall–Kier alpha value is -0.120. The van der Waals surface area contributed by atoms with Crippen LogP contribution < -0.4 is 5.32 Å². The van der Waals surface area contributed by atoms with Crippen molar-refractivity contribution < 1.29 is 4.74 Å². The fourth-order valence-corrected chi connectivity index (χ4v) is 1.81. The van der Waals surface area contributed by atoms with Crippen molar-refractivity contribution in [2.75, 3.05) is 26.7 Å². The zero-order chi connectivity index (χ0) is 10.8. The SMILES string of the molecule is CNC(C)(C)CN1CCOC(C)C1C. The van der Waals surface area contributed by atoms with Crippen molar-refractivity contribution in [2.24, 2.45) is 0 Å². The fraction of sp³-hybridized carbons (Fsp3) is 1.00. The second-order valence-corrected chi connectivity index (χ2v) is 4.92. The van der Waals surface area contributed by atoms with Gasteiger partial charge in [-0.25, -0.2) is 0 Å². The number of rotatable bonds is 3. The van der Waals surface area contributed by atoms with Crippen molar-refractivity contribution in [1.82, 2.24) is 10.2 Å². The number of morpholine rings is 1. The zero-order valence-corrected chi connectivity index (χ0v) is 10.1. The summed E-state index contributed by atoms with van der Waals surface area (Å²) < 4.78 is 5.61. The molecule has 3 heteroatoms. The van der Waals surface area contributed by atoms with E-state index in [2.05, 4.69) is 37.9 Å². The van der Waals surface area contributed by atoms with Crippen molar-refractivity contribution in [3.63, 3.8) is 0 Å². The second kappa shape index (κ2) is 4.60. The van der Waals surface area contributed by atoms with Gasteiger partial charge in [0.05, 0.1) is 12.7 Å². The maximum atomic E-state index is 5.61. The summed E-state index contributed by atoms with van der Waals surface area (Å²) in [6, 6.07) is 0.524. The molecular weight excluding hydrogens is 176 g/mol. The van der Waals surface area contributed by atoms with Crippen molar-refractivity contribution in [3.8, 4) is 0 Å². The smallest absolute Gasteiger partial charge is 0.0700 e. The number of likely N-dealkylation sites (N-methyl/N-ethyl adjacent to an activating group) is 1. The number of ether oxygens (including phenoxy) is 1. The third-order valence-electron chi connectivity index (χ3n) is 3.29. The van der Waals surface area contributed by atoms with Crippen LogP contribution in [-0.4, -0.2) is 49.3 Å². The van der Waals surface area contributed by atoms with Crippen LogP contribution in [0.4, 0.5) is 0 Å². The topological polar surface area (TPSA) is 24.5 Å². The lowest BCUT2D eigenvalue weighted by atomic mass is 10.0. The third-order valence-corrected chi connectivity index (χ3v) is 3.29. The highest BCUT2D eigenvalue weighted by Gasteiger charge is 2.29. The van der Waals surface area contributed by atoms with Crippen LogP contribution in [0.15, 0.2) is 0 Å². The molecule has 0 aromatic rings. The predicted octanol–water partition coefficient (Wildman–Crippen LogP) is 1.09. The minimum Gasteiger partial charge on any atom is -0.376 e. The number of hydrogen-bond acceptors (Lipinski definition) is 3. The second-order valence-electron chi connectivity index (χ2n) is 4.92. The monoisotopic (exact) mass is 200 g/mol. The molecule has 0 aliphatic carbocycles. The molecule has 0 aromatic carbocycles. The molecule has 0 saturated carbocycles. The highest BCUT2D eigenvalue weighted by molar-refractivity contribution is 4.86. The molecule has 84 valence electrons. The molecule has 1 fully saturated rings. The lowest BCUT2D eigenvalue weighted by Gasteiger charge is -2.41. The van der Waals surface area contributed by atoms with Gasteiger partial charge in [-0.15, -0.1) is 0 Å². The Kier molecular flexibility index (Phi) is 3.93. The van der Waals surface area contributed by atoms with Crippen molar-refractivity contribution in [3.05, 3.63) is 0 Å². The largest absolute Gasteiger partial charge is 0.376 e. The summed E-state index contributed by atoms with van der Waals surface area (Å²) in [6.07, 6.45) is 0.358. The summed E-state index contributed by atoms with van der Waals surface area (Å²) in [5, 5.41) is 3.34. The molecule has 2 unspecified atom stereocenters. The fourth-order valence-electron chi connectivity index (χ4n) is 1.81. The van der Waals surface area contributed by atoms with E-state index in [9.17, 15) is 0 Å². The Labute approximate surface area is 87.8 Å². The minimum atomic E-state index is 0.186. The van der Waals surface area contributed by atoms with Gasteiger partial charge in [0.25, 0.3) is 0 Å². The average molecular weight is 200 g/mol. The van der Waals surface area contributed by atoms with E-state index in [1.807, 2.05) is 7.05 Å². The van der Waals surface area contributed by atoms with Gasteiger partial charge in [0, 0.05) is 24.7 Å². The van der Waals surface area contributed by atoms with E-state index in [1.165, 1.54) is 0 Å². The maximum Gasteiger partial charge on any atom is 0.0700 e. The first kappa shape index (κ1) is 12.0. The van der Waals surface area contributed by atoms with E-state index in [0.717, 1.165) is 19.7 Å². The molecule has 1 aliphatic rings. The molecule has 3 nitrogen and oxygen atoms in total. The Morgan fingerprint density at radius 3 is 2.64 bits per heavy atom. The first-order chi connectivity index (χ1) is 6.46. The molecule has 0 radical (unpaired) electrons. The van der Waals surface area contributed by atoms with Gasteiger partial charge in [-0.1, -0.05) is 0 Å². The summed E-state index contributed by atoms with van der Waals surface area (Å²) >= 11 is 0. The highest BCUT2D eigenvalue weighted by Crippen LogP contribution is 2.16. The first-order valence-corrected chi connectivity index (χ1v) is 5.51. The third kappa shape index (κ3) is 2.94. The van der Waals surface area contributed by atoms with E-state index in [4.69, 9.17) is 4.74 Å². The molecule has 14 heavy (non-hydrogen) atoms. The molecule has 1 rings (SSSR count). The van der Waals surface area contributed by atoms with E-state index in [0.29, 0.717) is 12.1 Å². The molecular formula is C11H24N2O. The van der Waals surface area contributed by atoms with Crippen LogP contribution in [0.2, 0.25) is 0 Å². The Morgan fingerprint density at radius 1 is 1.43 bits per heavy atom.